The number of guanidine groups is 1. The van der Waals surface area contributed by atoms with E-state index in [9.17, 15) is 4.79 Å². The summed E-state index contributed by atoms with van der Waals surface area (Å²) in [5.41, 5.74) is 1.78. The Bertz CT molecular complexity index is 440. The summed E-state index contributed by atoms with van der Waals surface area (Å²) in [5, 5.41) is 8.19. The largest absolute Gasteiger partial charge is 0.357 e. The van der Waals surface area contributed by atoms with Gasteiger partial charge in [-0.2, -0.15) is 10.1 Å². The molecule has 0 aromatic carbocycles. The molecule has 0 aliphatic rings. The van der Waals surface area contributed by atoms with Gasteiger partial charge in [-0.25, -0.2) is 0 Å². The average Bonchev–Trinajstić information content (AvgIpc) is 2.33. The molecule has 0 atom stereocenters. The van der Waals surface area contributed by atoms with Crippen molar-refractivity contribution in [2.24, 2.45) is 10.1 Å². The van der Waals surface area contributed by atoms with Gasteiger partial charge in [0.05, 0.1) is 6.21 Å². The molecule has 5 nitrogen and oxygen atoms in total. The second-order valence-electron chi connectivity index (χ2n) is 4.06. The smallest absolute Gasteiger partial charge is 0.273 e. The van der Waals surface area contributed by atoms with Crippen molar-refractivity contribution in [3.63, 3.8) is 0 Å². The van der Waals surface area contributed by atoms with E-state index in [2.05, 4.69) is 22.0 Å². The summed E-state index contributed by atoms with van der Waals surface area (Å²) in [4.78, 5) is 16.0. The molecule has 0 heterocycles. The van der Waals surface area contributed by atoms with Crippen LogP contribution in [0, 0.1) is 0 Å². The van der Waals surface area contributed by atoms with E-state index in [-0.39, 0.29) is 5.91 Å². The number of carbonyl (C=O) groups is 1. The third-order valence-electron chi connectivity index (χ3n) is 2.01. The molecule has 0 aliphatic carbocycles. The molecule has 1 amide bonds. The first-order valence-electron chi connectivity index (χ1n) is 5.93. The van der Waals surface area contributed by atoms with Crippen LogP contribution in [0.1, 0.15) is 20.8 Å². The van der Waals surface area contributed by atoms with Gasteiger partial charge in [0.25, 0.3) is 5.91 Å². The van der Waals surface area contributed by atoms with Crippen LogP contribution in [0.2, 0.25) is 0 Å². The molecule has 0 saturated heterocycles. The minimum absolute atomic E-state index is 0.252. The lowest BCUT2D eigenvalue weighted by atomic mass is 10.3. The normalized spacial score (nSPS) is 12.3. The molecule has 0 aliphatic heterocycles. The molecular formula is C14H22N4O. The Morgan fingerprint density at radius 3 is 2.37 bits per heavy atom. The molecule has 1 N–H and O–H groups in total. The van der Waals surface area contributed by atoms with Crippen LogP contribution in [0.4, 0.5) is 0 Å². The van der Waals surface area contributed by atoms with Crippen molar-refractivity contribution >= 4 is 18.1 Å². The molecule has 0 radical (unpaired) electrons. The molecule has 0 aromatic heterocycles. The van der Waals surface area contributed by atoms with E-state index in [0.717, 1.165) is 11.1 Å². The van der Waals surface area contributed by atoms with Gasteiger partial charge in [0.15, 0.2) is 0 Å². The van der Waals surface area contributed by atoms with Crippen LogP contribution in [0.3, 0.4) is 0 Å². The molecule has 0 fully saturated rings. The van der Waals surface area contributed by atoms with E-state index < -0.39 is 0 Å². The van der Waals surface area contributed by atoms with Gasteiger partial charge < -0.3 is 5.32 Å². The van der Waals surface area contributed by atoms with Crippen molar-refractivity contribution in [2.75, 3.05) is 14.1 Å². The number of carbonyl (C=O) groups excluding carboxylic acids is 1. The lowest BCUT2D eigenvalue weighted by molar-refractivity contribution is -0.122. The van der Waals surface area contributed by atoms with Crippen molar-refractivity contribution in [1.82, 2.24) is 10.3 Å². The number of hydrogen-bond donors (Lipinski definition) is 1. The van der Waals surface area contributed by atoms with Crippen LogP contribution < -0.4 is 5.32 Å². The fraction of sp³-hybridized carbons (Fsp3) is 0.357. The Morgan fingerprint density at radius 2 is 1.95 bits per heavy atom. The van der Waals surface area contributed by atoms with Gasteiger partial charge >= 0.3 is 0 Å². The summed E-state index contributed by atoms with van der Waals surface area (Å²) in [6, 6.07) is 0. The van der Waals surface area contributed by atoms with E-state index in [4.69, 9.17) is 0 Å². The Balaban J connectivity index is 5.31. The third-order valence-corrected chi connectivity index (χ3v) is 2.01. The maximum atomic E-state index is 12.1. The molecule has 0 bridgehead atoms. The first-order valence-corrected chi connectivity index (χ1v) is 5.93. The van der Waals surface area contributed by atoms with Crippen LogP contribution in [-0.4, -0.2) is 37.2 Å². The molecule has 0 spiro atoms. The number of amides is 1. The van der Waals surface area contributed by atoms with Crippen LogP contribution in [0.15, 0.2) is 46.0 Å². The van der Waals surface area contributed by atoms with Crippen LogP contribution in [0.5, 0.6) is 0 Å². The second-order valence-corrected chi connectivity index (χ2v) is 4.06. The Hall–Kier alpha value is -2.17. The monoisotopic (exact) mass is 262 g/mol. The molecule has 0 saturated carbocycles. The molecule has 0 aromatic rings. The van der Waals surface area contributed by atoms with Crippen LogP contribution in [-0.2, 0) is 4.79 Å². The highest BCUT2D eigenvalue weighted by Crippen LogP contribution is 1.99. The number of nitrogens with one attached hydrogen (secondary N) is 1. The minimum atomic E-state index is -0.252. The quantitative estimate of drug-likeness (QED) is 0.277. The molecular weight excluding hydrogens is 240 g/mol. The summed E-state index contributed by atoms with van der Waals surface area (Å²) in [6.07, 6.45) is 6.55. The molecule has 19 heavy (non-hydrogen) atoms. The first-order chi connectivity index (χ1) is 8.96. The highest BCUT2D eigenvalue weighted by Gasteiger charge is 2.14. The zero-order valence-corrected chi connectivity index (χ0v) is 12.3. The van der Waals surface area contributed by atoms with Gasteiger partial charge in [-0.05, 0) is 26.3 Å². The first kappa shape index (κ1) is 16.8. The van der Waals surface area contributed by atoms with Gasteiger partial charge in [0, 0.05) is 20.2 Å². The van der Waals surface area contributed by atoms with E-state index in [1.54, 1.807) is 32.5 Å². The highest BCUT2D eigenvalue weighted by molar-refractivity contribution is 6.02. The lowest BCUT2D eigenvalue weighted by Crippen LogP contribution is -2.39. The van der Waals surface area contributed by atoms with Crippen LogP contribution >= 0.6 is 0 Å². The molecule has 0 rings (SSSR count). The fourth-order valence-corrected chi connectivity index (χ4v) is 1.21. The maximum Gasteiger partial charge on any atom is 0.273 e. The topological polar surface area (TPSA) is 57.1 Å². The van der Waals surface area contributed by atoms with E-state index in [1.165, 1.54) is 11.1 Å². The van der Waals surface area contributed by atoms with Gasteiger partial charge in [-0.1, -0.05) is 24.3 Å². The summed E-state index contributed by atoms with van der Waals surface area (Å²) < 4.78 is 0. The fourth-order valence-electron chi connectivity index (χ4n) is 1.21. The van der Waals surface area contributed by atoms with E-state index in [1.807, 2.05) is 20.8 Å². The predicted molar refractivity (Wildman–Crippen MR) is 81.1 cm³/mol. The summed E-state index contributed by atoms with van der Waals surface area (Å²) in [7, 11) is 3.28. The van der Waals surface area contributed by atoms with Crippen LogP contribution in [0.25, 0.3) is 0 Å². The van der Waals surface area contributed by atoms with Gasteiger partial charge in [0.2, 0.25) is 5.96 Å². The standard InChI is InChI=1S/C14H22N4O/c1-7-8-12(4)10-17-18(14(15-5)16-6)13(19)9-11(2)3/h7-10H,1H2,2-6H3,(H,15,16)/b12-8+,17-10+. The number of hydrazone groups is 1. The lowest BCUT2D eigenvalue weighted by Gasteiger charge is -2.16. The van der Waals surface area contributed by atoms with Crippen molar-refractivity contribution in [1.29, 1.82) is 0 Å². The zero-order valence-electron chi connectivity index (χ0n) is 12.3. The minimum Gasteiger partial charge on any atom is -0.357 e. The van der Waals surface area contributed by atoms with Gasteiger partial charge in [0.1, 0.15) is 0 Å². The number of aliphatic imine (C=N–C) groups is 1. The second kappa shape index (κ2) is 8.85. The predicted octanol–water partition coefficient (Wildman–Crippen LogP) is 2.10. The Kier molecular flexibility index (Phi) is 7.84. The number of nitrogens with zero attached hydrogens (tertiary/aromatic N) is 3. The number of allylic oxidation sites excluding steroid dienone is 4. The number of hydrogen-bond acceptors (Lipinski definition) is 3. The average molecular weight is 262 g/mol. The van der Waals surface area contributed by atoms with Gasteiger partial charge in [-0.15, -0.1) is 0 Å². The SMILES string of the molecule is C=C/C=C(C)/C=N/N(C(=O)C=C(C)C)/C(=N\C)NC. The summed E-state index contributed by atoms with van der Waals surface area (Å²) in [6.45, 7) is 9.18. The third kappa shape index (κ3) is 6.35. The maximum absolute atomic E-state index is 12.1. The molecule has 5 heteroatoms. The zero-order chi connectivity index (χ0) is 14.8. The van der Waals surface area contributed by atoms with Gasteiger partial charge in [-0.3, -0.25) is 9.79 Å². The highest BCUT2D eigenvalue weighted by atomic mass is 16.2. The van der Waals surface area contributed by atoms with Crippen molar-refractivity contribution < 1.29 is 4.79 Å². The Labute approximate surface area is 115 Å². The molecule has 104 valence electrons. The van der Waals surface area contributed by atoms with E-state index in [0.29, 0.717) is 5.96 Å². The van der Waals surface area contributed by atoms with Crippen molar-refractivity contribution in [3.8, 4) is 0 Å². The molecule has 0 unspecified atom stereocenters. The number of rotatable bonds is 4. The summed E-state index contributed by atoms with van der Waals surface area (Å²) in [5.74, 6) is 0.128. The Morgan fingerprint density at radius 1 is 1.32 bits per heavy atom. The van der Waals surface area contributed by atoms with E-state index >= 15 is 0 Å². The summed E-state index contributed by atoms with van der Waals surface area (Å²) >= 11 is 0. The van der Waals surface area contributed by atoms with Crippen molar-refractivity contribution in [2.45, 2.75) is 20.8 Å². The van der Waals surface area contributed by atoms with Crippen molar-refractivity contribution in [3.05, 3.63) is 36.0 Å².